The molecule has 0 saturated carbocycles. The number of hydrogen-bond donors (Lipinski definition) is 1. The van der Waals surface area contributed by atoms with E-state index in [9.17, 15) is 0 Å². The van der Waals surface area contributed by atoms with Crippen LogP contribution in [0.15, 0.2) is 344 Å². The van der Waals surface area contributed by atoms with Crippen LogP contribution in [0.3, 0.4) is 0 Å². The minimum Gasteiger partial charge on any atom is -0.537 e. The molecule has 18 aromatic rings. The molecule has 0 aliphatic rings. The minimum absolute atomic E-state index is 0. The van der Waals surface area contributed by atoms with Gasteiger partial charge in [-0.2, -0.15) is 0 Å². The molecule has 4 heterocycles. The third kappa shape index (κ3) is 11.0. The fourth-order valence-corrected chi connectivity index (χ4v) is 13.8. The first-order valence-corrected chi connectivity index (χ1v) is 31.7. The molecular formula is C86H67BBrN4O2. The maximum absolute atomic E-state index is 8.96. The fraction of sp³-hybridized carbons (Fsp3) is 0.0233. The zero-order valence-corrected chi connectivity index (χ0v) is 51.5. The van der Waals surface area contributed by atoms with Gasteiger partial charge in [-0.05, 0) is 167 Å². The van der Waals surface area contributed by atoms with E-state index in [0.717, 1.165) is 32.0 Å². The summed E-state index contributed by atoms with van der Waals surface area (Å²) in [6.07, 6.45) is 0. The molecule has 94 heavy (non-hydrogen) atoms. The number of fused-ring (bicyclic) bond motifs is 12. The molecule has 0 spiro atoms. The molecule has 0 bridgehead atoms. The molecule has 0 fully saturated rings. The number of halogens is 1. The topological polar surface area (TPSA) is 49.2 Å². The maximum atomic E-state index is 8.96. The van der Waals surface area contributed by atoms with Gasteiger partial charge in [0.05, 0.1) is 44.1 Å². The van der Waals surface area contributed by atoms with Crippen molar-refractivity contribution in [2.24, 2.45) is 0 Å². The quantitative estimate of drug-likeness (QED) is 0.146. The van der Waals surface area contributed by atoms with Crippen LogP contribution < -0.4 is 4.65 Å². The summed E-state index contributed by atoms with van der Waals surface area (Å²) in [7, 11) is 0.711. The Morgan fingerprint density at radius 2 is 0.511 bits per heavy atom. The van der Waals surface area contributed by atoms with E-state index >= 15 is 0 Å². The van der Waals surface area contributed by atoms with Gasteiger partial charge in [-0.25, -0.2) is 0 Å². The van der Waals surface area contributed by atoms with E-state index in [1.165, 1.54) is 116 Å². The van der Waals surface area contributed by atoms with Crippen molar-refractivity contribution in [3.8, 4) is 61.9 Å². The zero-order chi connectivity index (χ0) is 61.5. The Kier molecular flexibility index (Phi) is 16.7. The van der Waals surface area contributed by atoms with Crippen LogP contribution in [0.2, 0.25) is 0 Å². The van der Waals surface area contributed by atoms with Crippen LogP contribution in [-0.2, 0) is 0 Å². The molecule has 0 saturated heterocycles. The second-order valence-electron chi connectivity index (χ2n) is 22.9. The lowest BCUT2D eigenvalue weighted by Crippen LogP contribution is -1.99. The van der Waals surface area contributed by atoms with Gasteiger partial charge in [-0.3, -0.25) is 0 Å². The van der Waals surface area contributed by atoms with Crippen molar-refractivity contribution < 1.29 is 11.1 Å². The number of hydrogen-bond acceptors (Lipinski definition) is 2. The Hall–Kier alpha value is -11.4. The van der Waals surface area contributed by atoms with E-state index in [4.69, 9.17) is 9.68 Å². The third-order valence-electron chi connectivity index (χ3n) is 17.6. The first-order valence-electron chi connectivity index (χ1n) is 30.9. The van der Waals surface area contributed by atoms with E-state index in [1.807, 2.05) is 36.4 Å². The smallest absolute Gasteiger partial charge is 0.537 e. The second kappa shape index (κ2) is 26.1. The van der Waals surface area contributed by atoms with Gasteiger partial charge < -0.3 is 27.9 Å². The van der Waals surface area contributed by atoms with Crippen molar-refractivity contribution in [2.75, 3.05) is 0 Å². The largest absolute Gasteiger partial charge is 0.569 e. The highest BCUT2D eigenvalue weighted by Gasteiger charge is 2.18. The average molecular weight is 1280 g/mol. The summed E-state index contributed by atoms with van der Waals surface area (Å²) in [6, 6.07) is 120. The van der Waals surface area contributed by atoms with Gasteiger partial charge in [-0.15, -0.1) is 0 Å². The van der Waals surface area contributed by atoms with Crippen LogP contribution in [0.5, 0.6) is 5.75 Å². The number of para-hydroxylation sites is 6. The van der Waals surface area contributed by atoms with Crippen molar-refractivity contribution in [3.63, 3.8) is 0 Å². The molecule has 0 amide bonds. The van der Waals surface area contributed by atoms with E-state index in [-0.39, 0.29) is 16.3 Å². The molecule has 6 nitrogen and oxygen atoms in total. The van der Waals surface area contributed by atoms with Gasteiger partial charge in [0.1, 0.15) is 5.75 Å². The number of nitrogens with zero attached hydrogens (tertiary/aromatic N) is 4. The lowest BCUT2D eigenvalue weighted by atomic mass is 10.0. The predicted octanol–water partition coefficient (Wildman–Crippen LogP) is 23.6. The molecule has 4 aromatic heterocycles. The third-order valence-corrected chi connectivity index (χ3v) is 18.1. The Morgan fingerprint density at radius 3 is 0.883 bits per heavy atom. The van der Waals surface area contributed by atoms with Gasteiger partial charge in [0.25, 0.3) is 0 Å². The highest BCUT2D eigenvalue weighted by Crippen LogP contribution is 2.40. The molecular weight excluding hydrogens is 1210 g/mol. The monoisotopic (exact) mass is 1280 g/mol. The highest BCUT2D eigenvalue weighted by molar-refractivity contribution is 9.10. The summed E-state index contributed by atoms with van der Waals surface area (Å²) in [6.45, 7) is 0. The van der Waals surface area contributed by atoms with Crippen molar-refractivity contribution >= 4 is 111 Å². The summed E-state index contributed by atoms with van der Waals surface area (Å²) < 4.78 is 15.6. The number of rotatable bonds is 9. The molecule has 0 aliphatic carbocycles. The van der Waals surface area contributed by atoms with Crippen LogP contribution in [0.1, 0.15) is 16.3 Å². The zero-order valence-electron chi connectivity index (χ0n) is 49.9. The molecule has 0 atom stereocenters. The van der Waals surface area contributed by atoms with Crippen molar-refractivity contribution in [1.82, 2.24) is 18.3 Å². The first kappa shape index (κ1) is 60.2. The molecule has 1 N–H and O–H groups in total. The van der Waals surface area contributed by atoms with Crippen LogP contribution in [0.4, 0.5) is 0 Å². The molecule has 1 radical (unpaired) electrons. The summed E-state index contributed by atoms with van der Waals surface area (Å²) in [5, 5.41) is 18.8. The van der Waals surface area contributed by atoms with Crippen molar-refractivity contribution in [2.45, 2.75) is 14.9 Å². The normalized spacial score (nSPS) is 11.1. The first-order chi connectivity index (χ1) is 45.5. The standard InChI is InChI=1S/C42H28N2.C24H17BNO2.C18H12BrN.2CH4.H2/c1-3-11-29(12-4-1)30-19-23-34(24-20-30)44-40-18-10-8-16-36(40)38-28-32(22-26-42(38)44)31-21-25-41-37(27-31)35-15-7-9-17-39(35)43(41)33-13-5-2-6-14-33;27-25-28-20-14-15-24-22(16-20)21-8-4-5-9-23(21)26(24)19-12-10-18(11-13-19)17-6-2-1-3-7-17;19-13-10-11-18-16(12-13)15-8-4-5-9-17(15)20(18)14-6-2-1-3-7-14;;;/h1-28H;1-16,27H;1-12H;2*1H4;1H/i;;;;;1+1. The maximum Gasteiger partial charge on any atom is 0.569 e. The van der Waals surface area contributed by atoms with Crippen molar-refractivity contribution in [3.05, 3.63) is 344 Å². The van der Waals surface area contributed by atoms with Crippen LogP contribution in [0.25, 0.3) is 143 Å². The molecule has 8 heteroatoms. The van der Waals surface area contributed by atoms with Gasteiger partial charge in [-0.1, -0.05) is 237 Å². The van der Waals surface area contributed by atoms with Gasteiger partial charge in [0, 0.05) is 71.7 Å². The summed E-state index contributed by atoms with van der Waals surface area (Å²) in [5.41, 5.74) is 21.5. The van der Waals surface area contributed by atoms with E-state index in [2.05, 4.69) is 338 Å². The van der Waals surface area contributed by atoms with Crippen LogP contribution in [-0.4, -0.2) is 31.0 Å². The fourth-order valence-electron chi connectivity index (χ4n) is 13.5. The highest BCUT2D eigenvalue weighted by atomic mass is 79.9. The molecule has 0 unspecified atom stereocenters. The Morgan fingerprint density at radius 1 is 0.245 bits per heavy atom. The number of aromatic nitrogens is 4. The molecule has 18 rings (SSSR count). The van der Waals surface area contributed by atoms with E-state index in [1.54, 1.807) is 0 Å². The molecule has 453 valence electrons. The SMILES string of the molecule is Brc1ccc2c(c1)c1ccccc1n2-c1ccccc1.C.C.O[B]Oc1ccc2c(c1)c1ccccc1n2-c1ccc(-c2ccccc2)cc1.[2HH].c1ccc(-c2ccc(-n3c4ccccc4c4cc(-c5ccc6c(c5)c5ccccc5n6-c5ccccc5)ccc43)cc2)cc1. The van der Waals surface area contributed by atoms with Crippen LogP contribution in [0, 0.1) is 0 Å². The van der Waals surface area contributed by atoms with Crippen LogP contribution >= 0.6 is 15.9 Å². The Balaban J connectivity index is 0.000000138. The van der Waals surface area contributed by atoms with E-state index < -0.39 is 0 Å². The minimum atomic E-state index is 0. The van der Waals surface area contributed by atoms with Gasteiger partial charge >= 0.3 is 7.69 Å². The molecule has 14 aromatic carbocycles. The summed E-state index contributed by atoms with van der Waals surface area (Å²) >= 11 is 3.57. The number of benzene rings is 14. The predicted molar refractivity (Wildman–Crippen MR) is 405 cm³/mol. The summed E-state index contributed by atoms with van der Waals surface area (Å²) in [4.78, 5) is 0. The Labute approximate surface area is 557 Å². The summed E-state index contributed by atoms with van der Waals surface area (Å²) in [5.74, 6) is 0.609. The van der Waals surface area contributed by atoms with Gasteiger partial charge in [0.2, 0.25) is 0 Å². The van der Waals surface area contributed by atoms with E-state index in [0.29, 0.717) is 13.4 Å². The Bertz CT molecular complexity index is 5710. The second-order valence-corrected chi connectivity index (χ2v) is 23.9. The lowest BCUT2D eigenvalue weighted by molar-refractivity contribution is 0.454. The van der Waals surface area contributed by atoms with Crippen molar-refractivity contribution in [1.29, 1.82) is 0 Å². The lowest BCUT2D eigenvalue weighted by Gasteiger charge is -2.10. The van der Waals surface area contributed by atoms with Gasteiger partial charge in [0.15, 0.2) is 0 Å². The average Bonchev–Trinajstić information content (AvgIpc) is 1.62. The molecule has 0 aliphatic heterocycles.